The largest absolute Gasteiger partial charge is 0.497 e. The zero-order valence-corrected chi connectivity index (χ0v) is 17.7. The first kappa shape index (κ1) is 19.6. The molecule has 5 heteroatoms. The van der Waals surface area contributed by atoms with Crippen LogP contribution in [0.25, 0.3) is 11.1 Å². The highest BCUT2D eigenvalue weighted by atomic mass is 16.5. The molecular formula is C24H31N3O2. The molecule has 2 aromatic carbocycles. The number of rotatable bonds is 6. The molecule has 0 unspecified atom stereocenters. The Morgan fingerprint density at radius 2 is 1.66 bits per heavy atom. The molecule has 1 fully saturated rings. The van der Waals surface area contributed by atoms with Gasteiger partial charge in [-0.25, -0.2) is 0 Å². The molecule has 2 aliphatic heterocycles. The first-order valence-electron chi connectivity index (χ1n) is 10.4. The van der Waals surface area contributed by atoms with Crippen molar-refractivity contribution in [1.82, 2.24) is 9.80 Å². The van der Waals surface area contributed by atoms with Crippen LogP contribution in [0.1, 0.15) is 12.0 Å². The summed E-state index contributed by atoms with van der Waals surface area (Å²) in [5.74, 6) is 1.69. The van der Waals surface area contributed by atoms with Crippen LogP contribution in [0.15, 0.2) is 48.7 Å². The lowest BCUT2D eigenvalue weighted by Gasteiger charge is -2.34. The van der Waals surface area contributed by atoms with Gasteiger partial charge in [0.1, 0.15) is 11.5 Å². The van der Waals surface area contributed by atoms with Crippen LogP contribution >= 0.6 is 0 Å². The van der Waals surface area contributed by atoms with E-state index in [2.05, 4.69) is 64.4 Å². The first-order valence-corrected chi connectivity index (χ1v) is 10.4. The van der Waals surface area contributed by atoms with E-state index < -0.39 is 0 Å². The zero-order valence-electron chi connectivity index (χ0n) is 17.7. The van der Waals surface area contributed by atoms with E-state index >= 15 is 0 Å². The molecule has 1 saturated heterocycles. The normalized spacial score (nSPS) is 17.1. The third-order valence-electron chi connectivity index (χ3n) is 5.91. The topological polar surface area (TPSA) is 28.2 Å². The summed E-state index contributed by atoms with van der Waals surface area (Å²) in [6.45, 7) is 6.28. The van der Waals surface area contributed by atoms with Crippen molar-refractivity contribution in [3.05, 3.63) is 54.2 Å². The molecule has 2 heterocycles. The van der Waals surface area contributed by atoms with Crippen LogP contribution < -0.4 is 14.4 Å². The van der Waals surface area contributed by atoms with Crippen molar-refractivity contribution in [3.63, 3.8) is 0 Å². The minimum absolute atomic E-state index is 0.831. The Hall–Kier alpha value is -2.66. The number of piperazine rings is 1. The maximum Gasteiger partial charge on any atom is 0.130 e. The number of nitrogens with zero attached hydrogens (tertiary/aromatic N) is 3. The fourth-order valence-corrected chi connectivity index (χ4v) is 4.17. The van der Waals surface area contributed by atoms with Gasteiger partial charge in [0, 0.05) is 56.6 Å². The quantitative estimate of drug-likeness (QED) is 0.744. The number of benzene rings is 2. The summed E-state index contributed by atoms with van der Waals surface area (Å²) in [6, 6.07) is 13.0. The molecule has 29 heavy (non-hydrogen) atoms. The van der Waals surface area contributed by atoms with Crippen molar-refractivity contribution in [3.8, 4) is 22.6 Å². The van der Waals surface area contributed by atoms with Crippen LogP contribution in [-0.2, 0) is 6.54 Å². The zero-order chi connectivity index (χ0) is 20.2. The molecule has 0 aromatic heterocycles. The van der Waals surface area contributed by atoms with Gasteiger partial charge in [0.15, 0.2) is 0 Å². The smallest absolute Gasteiger partial charge is 0.130 e. The molecule has 0 spiro atoms. The molecule has 0 bridgehead atoms. The molecule has 0 atom stereocenters. The Balaban J connectivity index is 1.66. The van der Waals surface area contributed by atoms with E-state index in [1.807, 2.05) is 6.07 Å². The van der Waals surface area contributed by atoms with E-state index in [-0.39, 0.29) is 0 Å². The number of anilines is 1. The average Bonchev–Trinajstić information content (AvgIpc) is 3.27. The number of hydrogen-bond donors (Lipinski definition) is 0. The highest BCUT2D eigenvalue weighted by Crippen LogP contribution is 2.38. The van der Waals surface area contributed by atoms with E-state index in [1.54, 1.807) is 14.2 Å². The molecule has 0 amide bonds. The second-order valence-corrected chi connectivity index (χ2v) is 7.84. The molecule has 0 aliphatic carbocycles. The standard InChI is InChI=1S/C24H31N3O2/c1-25-12-14-27(15-13-25)21-8-6-19(7-9-21)24-20(18-26-10-4-5-11-26)16-22(28-2)17-23(24)29-3/h4,6-10,16-17H,5,11-15,18H2,1-3H3. The van der Waals surface area contributed by atoms with Crippen molar-refractivity contribution in [2.45, 2.75) is 13.0 Å². The second-order valence-electron chi connectivity index (χ2n) is 7.84. The van der Waals surface area contributed by atoms with Gasteiger partial charge < -0.3 is 24.2 Å². The fraction of sp³-hybridized carbons (Fsp3) is 0.417. The van der Waals surface area contributed by atoms with Gasteiger partial charge >= 0.3 is 0 Å². The lowest BCUT2D eigenvalue weighted by Crippen LogP contribution is -2.44. The number of ether oxygens (including phenoxy) is 2. The van der Waals surface area contributed by atoms with Crippen LogP contribution in [0.5, 0.6) is 11.5 Å². The van der Waals surface area contributed by atoms with E-state index in [1.165, 1.54) is 16.8 Å². The molecule has 2 aromatic rings. The van der Waals surface area contributed by atoms with Crippen molar-refractivity contribution in [2.24, 2.45) is 0 Å². The Kier molecular flexibility index (Phi) is 5.95. The Labute approximate surface area is 174 Å². The molecule has 0 saturated carbocycles. The summed E-state index contributed by atoms with van der Waals surface area (Å²) in [6.07, 6.45) is 5.52. The molecule has 4 rings (SSSR count). The lowest BCUT2D eigenvalue weighted by molar-refractivity contribution is 0.313. The van der Waals surface area contributed by atoms with Gasteiger partial charge in [0.05, 0.1) is 14.2 Å². The van der Waals surface area contributed by atoms with Gasteiger partial charge in [-0.2, -0.15) is 0 Å². The van der Waals surface area contributed by atoms with Gasteiger partial charge in [-0.1, -0.05) is 18.2 Å². The maximum absolute atomic E-state index is 5.77. The Bertz CT molecular complexity index is 855. The second kappa shape index (κ2) is 8.78. The van der Waals surface area contributed by atoms with Gasteiger partial charge in [-0.3, -0.25) is 0 Å². The van der Waals surface area contributed by atoms with Crippen LogP contribution in [0.4, 0.5) is 5.69 Å². The van der Waals surface area contributed by atoms with Crippen molar-refractivity contribution in [2.75, 3.05) is 58.9 Å². The minimum Gasteiger partial charge on any atom is -0.497 e. The summed E-state index contributed by atoms with van der Waals surface area (Å²) in [5.41, 5.74) is 4.84. The number of likely N-dealkylation sites (N-methyl/N-ethyl adjacent to an activating group) is 1. The minimum atomic E-state index is 0.831. The molecule has 5 nitrogen and oxygen atoms in total. The molecule has 2 aliphatic rings. The van der Waals surface area contributed by atoms with E-state index in [0.29, 0.717) is 0 Å². The average molecular weight is 394 g/mol. The molecular weight excluding hydrogens is 362 g/mol. The van der Waals surface area contributed by atoms with Gasteiger partial charge in [0.2, 0.25) is 0 Å². The number of methoxy groups -OCH3 is 2. The van der Waals surface area contributed by atoms with Crippen LogP contribution in [0.3, 0.4) is 0 Å². The Morgan fingerprint density at radius 3 is 2.28 bits per heavy atom. The SMILES string of the molecule is COc1cc(CN2C=CCC2)c(-c2ccc(N3CCN(C)CC3)cc2)c(OC)c1. The van der Waals surface area contributed by atoms with E-state index in [0.717, 1.165) is 62.8 Å². The fourth-order valence-electron chi connectivity index (χ4n) is 4.17. The summed E-state index contributed by atoms with van der Waals surface area (Å²) < 4.78 is 11.3. The van der Waals surface area contributed by atoms with Crippen molar-refractivity contribution in [1.29, 1.82) is 0 Å². The summed E-state index contributed by atoms with van der Waals surface area (Å²) in [4.78, 5) is 7.19. The van der Waals surface area contributed by atoms with Gasteiger partial charge in [0.25, 0.3) is 0 Å². The number of hydrogen-bond acceptors (Lipinski definition) is 5. The van der Waals surface area contributed by atoms with E-state index in [4.69, 9.17) is 9.47 Å². The van der Waals surface area contributed by atoms with Crippen molar-refractivity contribution < 1.29 is 9.47 Å². The molecule has 0 radical (unpaired) electrons. The van der Waals surface area contributed by atoms with Crippen LogP contribution in [-0.4, -0.2) is 63.8 Å². The summed E-state index contributed by atoms with van der Waals surface area (Å²) in [5, 5.41) is 0. The Morgan fingerprint density at radius 1 is 0.897 bits per heavy atom. The third-order valence-corrected chi connectivity index (χ3v) is 5.91. The van der Waals surface area contributed by atoms with Crippen LogP contribution in [0, 0.1) is 0 Å². The predicted molar refractivity (Wildman–Crippen MR) is 119 cm³/mol. The highest BCUT2D eigenvalue weighted by molar-refractivity contribution is 5.76. The first-order chi connectivity index (χ1) is 14.2. The van der Waals surface area contributed by atoms with Gasteiger partial charge in [-0.05, 0) is 49.0 Å². The maximum atomic E-state index is 5.77. The molecule has 154 valence electrons. The lowest BCUT2D eigenvalue weighted by atomic mass is 9.97. The monoisotopic (exact) mass is 393 g/mol. The van der Waals surface area contributed by atoms with Crippen LogP contribution in [0.2, 0.25) is 0 Å². The predicted octanol–water partition coefficient (Wildman–Crippen LogP) is 3.84. The highest BCUT2D eigenvalue weighted by Gasteiger charge is 2.18. The van der Waals surface area contributed by atoms with Crippen molar-refractivity contribution >= 4 is 5.69 Å². The summed E-state index contributed by atoms with van der Waals surface area (Å²) >= 11 is 0. The van der Waals surface area contributed by atoms with Gasteiger partial charge in [-0.15, -0.1) is 0 Å². The third kappa shape index (κ3) is 4.35. The molecule has 0 N–H and O–H groups in total. The van der Waals surface area contributed by atoms with E-state index in [9.17, 15) is 0 Å². The summed E-state index contributed by atoms with van der Waals surface area (Å²) in [7, 11) is 5.63.